The molecule has 1 saturated heterocycles. The van der Waals surface area contributed by atoms with Crippen LogP contribution in [-0.4, -0.2) is 42.4 Å². The fraction of sp³-hybridized carbons (Fsp3) is 0.571. The second-order valence-electron chi connectivity index (χ2n) is 8.41. The Hall–Kier alpha value is -2.45. The molecule has 1 aliphatic heterocycles. The fourth-order valence-electron chi connectivity index (χ4n) is 2.98. The highest BCUT2D eigenvalue weighted by molar-refractivity contribution is 5.89. The van der Waals surface area contributed by atoms with Gasteiger partial charge in [-0.25, -0.2) is 4.79 Å². The van der Waals surface area contributed by atoms with Gasteiger partial charge in [-0.15, -0.1) is 0 Å². The third-order valence-corrected chi connectivity index (χ3v) is 4.71. The number of benzene rings is 1. The predicted octanol–water partition coefficient (Wildman–Crippen LogP) is 1.83. The third kappa shape index (κ3) is 6.27. The first-order chi connectivity index (χ1) is 13.4. The summed E-state index contributed by atoms with van der Waals surface area (Å²) in [6.45, 7) is 9.06. The first-order valence-electron chi connectivity index (χ1n) is 9.57. The number of ether oxygens (including phenoxy) is 3. The first-order valence-corrected chi connectivity index (χ1v) is 9.57. The highest BCUT2D eigenvalue weighted by Gasteiger charge is 2.47. The van der Waals surface area contributed by atoms with Crippen LogP contribution < -0.4 is 11.1 Å². The summed E-state index contributed by atoms with van der Waals surface area (Å²) in [5.41, 5.74) is 5.47. The summed E-state index contributed by atoms with van der Waals surface area (Å²) < 4.78 is 16.7. The van der Waals surface area contributed by atoms with E-state index in [2.05, 4.69) is 5.32 Å². The topological polar surface area (TPSA) is 117 Å². The van der Waals surface area contributed by atoms with Crippen LogP contribution in [0.3, 0.4) is 0 Å². The van der Waals surface area contributed by atoms with E-state index in [9.17, 15) is 14.4 Å². The molecule has 8 nitrogen and oxygen atoms in total. The second kappa shape index (κ2) is 8.92. The molecule has 0 aromatic heterocycles. The van der Waals surface area contributed by atoms with Gasteiger partial charge in [-0.1, -0.05) is 44.2 Å². The van der Waals surface area contributed by atoms with Gasteiger partial charge in [-0.05, 0) is 26.3 Å². The molecule has 1 heterocycles. The van der Waals surface area contributed by atoms with Crippen molar-refractivity contribution in [2.45, 2.75) is 65.1 Å². The molecule has 1 aliphatic rings. The SMILES string of the molecule is CC(NC(=O)C(CC(N)=O)OC(=O)[C@@H]1OC(C)(C)OCC1(C)C)c1ccccc1. The summed E-state index contributed by atoms with van der Waals surface area (Å²) in [6, 6.07) is 8.96. The second-order valence-corrected chi connectivity index (χ2v) is 8.41. The number of primary amides is 1. The van der Waals surface area contributed by atoms with E-state index in [1.165, 1.54) is 0 Å². The van der Waals surface area contributed by atoms with Gasteiger partial charge in [0.25, 0.3) is 5.91 Å². The molecule has 2 amide bonds. The zero-order valence-electron chi connectivity index (χ0n) is 17.6. The first kappa shape index (κ1) is 22.8. The Labute approximate surface area is 171 Å². The summed E-state index contributed by atoms with van der Waals surface area (Å²) in [7, 11) is 0. The molecule has 0 radical (unpaired) electrons. The highest BCUT2D eigenvalue weighted by Crippen LogP contribution is 2.35. The molecule has 0 saturated carbocycles. The van der Waals surface area contributed by atoms with E-state index in [-0.39, 0.29) is 12.6 Å². The summed E-state index contributed by atoms with van der Waals surface area (Å²) in [4.78, 5) is 37.0. The molecular weight excluding hydrogens is 376 g/mol. The molecule has 8 heteroatoms. The van der Waals surface area contributed by atoms with E-state index >= 15 is 0 Å². The van der Waals surface area contributed by atoms with Crippen molar-refractivity contribution >= 4 is 17.8 Å². The summed E-state index contributed by atoms with van der Waals surface area (Å²) >= 11 is 0. The van der Waals surface area contributed by atoms with Crippen molar-refractivity contribution in [3.05, 3.63) is 35.9 Å². The Kier molecular flexibility index (Phi) is 7.02. The van der Waals surface area contributed by atoms with Crippen LogP contribution in [0.5, 0.6) is 0 Å². The number of hydrogen-bond acceptors (Lipinski definition) is 6. The lowest BCUT2D eigenvalue weighted by Gasteiger charge is -2.44. The van der Waals surface area contributed by atoms with Crippen LogP contribution in [0.4, 0.5) is 0 Å². The minimum atomic E-state index is -1.35. The highest BCUT2D eigenvalue weighted by atomic mass is 16.7. The standard InChI is InChI=1S/C21H30N2O6/c1-13(14-9-7-6-8-10-14)23-18(25)15(11-16(22)24)28-19(26)17-20(2,3)12-27-21(4,5)29-17/h6-10,13,15,17H,11-12H2,1-5H3,(H2,22,24)(H,23,25)/t13?,15?,17-/m0/s1. The van der Waals surface area contributed by atoms with Crippen molar-refractivity contribution in [2.75, 3.05) is 6.61 Å². The quantitative estimate of drug-likeness (QED) is 0.667. The number of carbonyl (C=O) groups excluding carboxylic acids is 3. The van der Waals surface area contributed by atoms with Crippen LogP contribution in [-0.2, 0) is 28.6 Å². The van der Waals surface area contributed by atoms with E-state index in [4.69, 9.17) is 19.9 Å². The molecule has 0 spiro atoms. The van der Waals surface area contributed by atoms with Crippen molar-refractivity contribution in [2.24, 2.45) is 11.1 Å². The maximum absolute atomic E-state index is 12.8. The Balaban J connectivity index is 2.11. The zero-order chi connectivity index (χ0) is 21.8. The van der Waals surface area contributed by atoms with Crippen molar-refractivity contribution in [3.63, 3.8) is 0 Å². The molecule has 0 aliphatic carbocycles. The Morgan fingerprint density at radius 2 is 1.83 bits per heavy atom. The van der Waals surface area contributed by atoms with Gasteiger partial charge in [0.05, 0.1) is 19.1 Å². The number of amides is 2. The fourth-order valence-corrected chi connectivity index (χ4v) is 2.98. The number of esters is 1. The normalized spacial score (nSPS) is 22.2. The Bertz CT molecular complexity index is 747. The minimum Gasteiger partial charge on any atom is -0.450 e. The Morgan fingerprint density at radius 1 is 1.21 bits per heavy atom. The minimum absolute atomic E-state index is 0.275. The molecule has 3 atom stereocenters. The average Bonchev–Trinajstić information content (AvgIpc) is 2.63. The number of carbonyl (C=O) groups is 3. The van der Waals surface area contributed by atoms with E-state index in [0.717, 1.165) is 5.56 Å². The van der Waals surface area contributed by atoms with Gasteiger partial charge >= 0.3 is 5.97 Å². The molecule has 0 bridgehead atoms. The van der Waals surface area contributed by atoms with Crippen LogP contribution in [0, 0.1) is 5.41 Å². The predicted molar refractivity (Wildman–Crippen MR) is 105 cm³/mol. The molecule has 2 rings (SSSR count). The van der Waals surface area contributed by atoms with Gasteiger partial charge < -0.3 is 25.3 Å². The van der Waals surface area contributed by atoms with Crippen molar-refractivity contribution in [1.82, 2.24) is 5.32 Å². The van der Waals surface area contributed by atoms with Crippen LogP contribution in [0.25, 0.3) is 0 Å². The third-order valence-electron chi connectivity index (χ3n) is 4.71. The van der Waals surface area contributed by atoms with Gasteiger partial charge in [-0.3, -0.25) is 9.59 Å². The maximum Gasteiger partial charge on any atom is 0.336 e. The van der Waals surface area contributed by atoms with Gasteiger partial charge in [0.1, 0.15) is 0 Å². The Morgan fingerprint density at radius 3 is 2.41 bits per heavy atom. The molecule has 1 aromatic rings. The molecule has 2 unspecified atom stereocenters. The molecular formula is C21H30N2O6. The lowest BCUT2D eigenvalue weighted by atomic mass is 9.86. The van der Waals surface area contributed by atoms with Crippen LogP contribution in [0.2, 0.25) is 0 Å². The van der Waals surface area contributed by atoms with Crippen LogP contribution in [0.15, 0.2) is 30.3 Å². The van der Waals surface area contributed by atoms with Gasteiger partial charge in [0, 0.05) is 5.41 Å². The smallest absolute Gasteiger partial charge is 0.336 e. The monoisotopic (exact) mass is 406 g/mol. The maximum atomic E-state index is 12.8. The zero-order valence-corrected chi connectivity index (χ0v) is 17.6. The van der Waals surface area contributed by atoms with Gasteiger partial charge in [-0.2, -0.15) is 0 Å². The van der Waals surface area contributed by atoms with Crippen molar-refractivity contribution in [3.8, 4) is 0 Å². The van der Waals surface area contributed by atoms with Gasteiger partial charge in [0.2, 0.25) is 5.91 Å². The lowest BCUT2D eigenvalue weighted by Crippen LogP contribution is -2.55. The molecule has 1 fully saturated rings. The molecule has 3 N–H and O–H groups in total. The summed E-state index contributed by atoms with van der Waals surface area (Å²) in [6.07, 6.45) is -2.73. The number of nitrogens with two attached hydrogens (primary N) is 1. The van der Waals surface area contributed by atoms with Crippen LogP contribution >= 0.6 is 0 Å². The summed E-state index contributed by atoms with van der Waals surface area (Å²) in [5.74, 6) is -3.06. The van der Waals surface area contributed by atoms with Crippen molar-refractivity contribution < 1.29 is 28.6 Å². The van der Waals surface area contributed by atoms with E-state index in [1.807, 2.05) is 30.3 Å². The number of rotatable bonds is 7. The van der Waals surface area contributed by atoms with E-state index < -0.39 is 47.6 Å². The van der Waals surface area contributed by atoms with Crippen molar-refractivity contribution in [1.29, 1.82) is 0 Å². The number of hydrogen-bond donors (Lipinski definition) is 2. The molecule has 1 aromatic carbocycles. The van der Waals surface area contributed by atoms with E-state index in [0.29, 0.717) is 0 Å². The van der Waals surface area contributed by atoms with Gasteiger partial charge in [0.15, 0.2) is 18.0 Å². The average molecular weight is 406 g/mol. The largest absolute Gasteiger partial charge is 0.450 e. The number of nitrogens with one attached hydrogen (secondary N) is 1. The summed E-state index contributed by atoms with van der Waals surface area (Å²) in [5, 5.41) is 2.76. The van der Waals surface area contributed by atoms with E-state index in [1.54, 1.807) is 34.6 Å². The van der Waals surface area contributed by atoms with Crippen LogP contribution in [0.1, 0.15) is 52.6 Å². The lowest BCUT2D eigenvalue weighted by molar-refractivity contribution is -0.309. The molecule has 29 heavy (non-hydrogen) atoms. The molecule has 160 valence electrons.